The Morgan fingerprint density at radius 3 is 3.06 bits per heavy atom. The minimum Gasteiger partial charge on any atom is -0.359 e. The van der Waals surface area contributed by atoms with Crippen molar-refractivity contribution in [2.24, 2.45) is 0 Å². The Morgan fingerprint density at radius 1 is 1.50 bits per heavy atom. The van der Waals surface area contributed by atoms with Crippen LogP contribution in [0.3, 0.4) is 0 Å². The van der Waals surface area contributed by atoms with Gasteiger partial charge >= 0.3 is 5.69 Å². The van der Waals surface area contributed by atoms with E-state index < -0.39 is 4.92 Å². The largest absolute Gasteiger partial charge is 0.359 e. The summed E-state index contributed by atoms with van der Waals surface area (Å²) in [5.41, 5.74) is 1.33. The lowest BCUT2D eigenvalue weighted by Gasteiger charge is -2.12. The van der Waals surface area contributed by atoms with Crippen LogP contribution in [0.2, 0.25) is 0 Å². The summed E-state index contributed by atoms with van der Waals surface area (Å²) in [6.45, 7) is 0.893. The number of nitrogens with zero attached hydrogens (tertiary/aromatic N) is 5. The third-order valence-corrected chi connectivity index (χ3v) is 2.83. The van der Waals surface area contributed by atoms with Gasteiger partial charge in [-0.2, -0.15) is 9.61 Å². The maximum Gasteiger partial charge on any atom is 0.333 e. The first-order valence-electron chi connectivity index (χ1n) is 4.89. The minimum absolute atomic E-state index is 0.0527. The monoisotopic (exact) mass is 219 g/mol. The number of hydrogen-bond acceptors (Lipinski definition) is 5. The molecular weight excluding hydrogens is 210 g/mol. The van der Waals surface area contributed by atoms with Crippen molar-refractivity contribution < 1.29 is 4.92 Å². The highest BCUT2D eigenvalue weighted by Crippen LogP contribution is 2.29. The fourth-order valence-corrected chi connectivity index (χ4v) is 2.05. The fourth-order valence-electron chi connectivity index (χ4n) is 2.05. The summed E-state index contributed by atoms with van der Waals surface area (Å²) in [7, 11) is 1.94. The lowest BCUT2D eigenvalue weighted by atomic mass is 10.3. The van der Waals surface area contributed by atoms with Crippen LogP contribution in [0.15, 0.2) is 12.4 Å². The van der Waals surface area contributed by atoms with Crippen molar-refractivity contribution in [2.75, 3.05) is 18.5 Å². The van der Waals surface area contributed by atoms with E-state index in [0.29, 0.717) is 5.65 Å². The first-order valence-corrected chi connectivity index (χ1v) is 4.89. The normalized spacial score (nSPS) is 14.4. The van der Waals surface area contributed by atoms with Crippen LogP contribution in [-0.4, -0.2) is 33.1 Å². The molecule has 0 saturated carbocycles. The summed E-state index contributed by atoms with van der Waals surface area (Å²) >= 11 is 0. The van der Waals surface area contributed by atoms with Gasteiger partial charge in [-0.3, -0.25) is 10.1 Å². The molecule has 0 bridgehead atoms. The van der Waals surface area contributed by atoms with Crippen LogP contribution in [0.25, 0.3) is 5.65 Å². The number of likely N-dealkylation sites (N-methyl/N-ethyl adjacent to an activating group) is 1. The van der Waals surface area contributed by atoms with Gasteiger partial charge in [0.05, 0.1) is 4.92 Å². The van der Waals surface area contributed by atoms with Crippen LogP contribution in [0, 0.1) is 10.1 Å². The molecule has 1 aliphatic rings. The van der Waals surface area contributed by atoms with E-state index >= 15 is 0 Å². The molecule has 16 heavy (non-hydrogen) atoms. The second-order valence-electron chi connectivity index (χ2n) is 3.80. The van der Waals surface area contributed by atoms with Crippen molar-refractivity contribution in [3.05, 3.63) is 28.1 Å². The van der Waals surface area contributed by atoms with E-state index in [-0.39, 0.29) is 5.69 Å². The number of anilines is 1. The van der Waals surface area contributed by atoms with Crippen molar-refractivity contribution in [3.8, 4) is 0 Å². The van der Waals surface area contributed by atoms with E-state index in [1.807, 2.05) is 11.9 Å². The molecule has 7 heteroatoms. The maximum atomic E-state index is 10.8. The Morgan fingerprint density at radius 2 is 2.31 bits per heavy atom. The summed E-state index contributed by atoms with van der Waals surface area (Å²) in [5.74, 6) is 0.901. The topological polar surface area (TPSA) is 76.6 Å². The van der Waals surface area contributed by atoms with Gasteiger partial charge in [0.25, 0.3) is 0 Å². The molecule has 1 aliphatic heterocycles. The fraction of sp³-hybridized carbons (Fsp3) is 0.333. The van der Waals surface area contributed by atoms with E-state index in [1.165, 1.54) is 6.20 Å². The predicted octanol–water partition coefficient (Wildman–Crippen LogP) is 0.630. The molecule has 3 rings (SSSR count). The molecule has 0 fully saturated rings. The summed E-state index contributed by atoms with van der Waals surface area (Å²) in [6, 6.07) is 0. The molecule has 3 heterocycles. The molecular formula is C9H9N5O2. The molecule has 2 aromatic heterocycles. The number of fused-ring (bicyclic) bond motifs is 3. The van der Waals surface area contributed by atoms with Crippen molar-refractivity contribution in [1.82, 2.24) is 14.6 Å². The molecule has 82 valence electrons. The van der Waals surface area contributed by atoms with Crippen LogP contribution in [0.5, 0.6) is 0 Å². The van der Waals surface area contributed by atoms with Gasteiger partial charge in [0.1, 0.15) is 12.0 Å². The molecule has 7 nitrogen and oxygen atoms in total. The van der Waals surface area contributed by atoms with Gasteiger partial charge in [0.2, 0.25) is 5.65 Å². The van der Waals surface area contributed by atoms with Crippen molar-refractivity contribution in [2.45, 2.75) is 6.42 Å². The molecule has 0 spiro atoms. The predicted molar refractivity (Wildman–Crippen MR) is 56.6 cm³/mol. The maximum absolute atomic E-state index is 10.8. The molecule has 0 saturated heterocycles. The zero-order chi connectivity index (χ0) is 11.3. The Kier molecular flexibility index (Phi) is 1.65. The summed E-state index contributed by atoms with van der Waals surface area (Å²) < 4.78 is 1.54. The molecule has 0 N–H and O–H groups in total. The smallest absolute Gasteiger partial charge is 0.333 e. The Balaban J connectivity index is 2.35. The van der Waals surface area contributed by atoms with E-state index in [9.17, 15) is 10.1 Å². The quantitative estimate of drug-likeness (QED) is 0.519. The molecule has 0 unspecified atom stereocenters. The summed E-state index contributed by atoms with van der Waals surface area (Å²) in [4.78, 5) is 16.4. The minimum atomic E-state index is -0.462. The summed E-state index contributed by atoms with van der Waals surface area (Å²) in [5, 5.41) is 14.8. The highest BCUT2D eigenvalue weighted by Gasteiger charge is 2.24. The zero-order valence-electron chi connectivity index (χ0n) is 8.62. The zero-order valence-corrected chi connectivity index (χ0v) is 8.62. The van der Waals surface area contributed by atoms with Crippen molar-refractivity contribution >= 4 is 17.2 Å². The third-order valence-electron chi connectivity index (χ3n) is 2.83. The highest BCUT2D eigenvalue weighted by molar-refractivity contribution is 5.65. The Labute approximate surface area is 90.5 Å². The van der Waals surface area contributed by atoms with Gasteiger partial charge < -0.3 is 4.90 Å². The second-order valence-corrected chi connectivity index (χ2v) is 3.80. The van der Waals surface area contributed by atoms with Crippen LogP contribution in [0.4, 0.5) is 11.5 Å². The third kappa shape index (κ3) is 1.02. The van der Waals surface area contributed by atoms with Crippen molar-refractivity contribution in [1.29, 1.82) is 0 Å². The molecule has 0 atom stereocenters. The lowest BCUT2D eigenvalue weighted by molar-refractivity contribution is -0.383. The molecule has 0 radical (unpaired) electrons. The lowest BCUT2D eigenvalue weighted by Crippen LogP contribution is -2.16. The van der Waals surface area contributed by atoms with Crippen LogP contribution >= 0.6 is 0 Å². The molecule has 0 aliphatic carbocycles. The van der Waals surface area contributed by atoms with Crippen LogP contribution in [0.1, 0.15) is 5.56 Å². The van der Waals surface area contributed by atoms with Crippen LogP contribution < -0.4 is 4.90 Å². The first-order chi connectivity index (χ1) is 7.68. The molecule has 0 amide bonds. The van der Waals surface area contributed by atoms with Crippen molar-refractivity contribution in [3.63, 3.8) is 0 Å². The number of nitro groups is 1. The van der Waals surface area contributed by atoms with E-state index in [4.69, 9.17) is 0 Å². The number of hydrogen-bond donors (Lipinski definition) is 0. The van der Waals surface area contributed by atoms with E-state index in [2.05, 4.69) is 10.1 Å². The second kappa shape index (κ2) is 2.91. The molecule has 2 aromatic rings. The van der Waals surface area contributed by atoms with E-state index in [1.54, 1.807) is 10.7 Å². The Bertz CT molecular complexity index is 591. The highest BCUT2D eigenvalue weighted by atomic mass is 16.6. The van der Waals surface area contributed by atoms with Crippen LogP contribution in [-0.2, 0) is 6.42 Å². The van der Waals surface area contributed by atoms with Gasteiger partial charge in [0.15, 0.2) is 0 Å². The standard InChI is InChI=1S/C9H9N5O2/c1-12-3-2-6-4-10-8-7(14(15)16)5-11-13(8)9(6)12/h4-5H,2-3H2,1H3. The first kappa shape index (κ1) is 9.08. The molecule has 0 aromatic carbocycles. The Hall–Kier alpha value is -2.18. The summed E-state index contributed by atoms with van der Waals surface area (Å²) in [6.07, 6.45) is 3.85. The van der Waals surface area contributed by atoms with Gasteiger partial charge in [-0.15, -0.1) is 0 Å². The SMILES string of the molecule is CN1CCc2cnc3c([N+](=O)[O-])cnn3c21. The average molecular weight is 219 g/mol. The van der Waals surface area contributed by atoms with E-state index in [0.717, 1.165) is 24.3 Å². The van der Waals surface area contributed by atoms with Gasteiger partial charge in [-0.05, 0) is 6.42 Å². The average Bonchev–Trinajstić information content (AvgIpc) is 2.81. The number of rotatable bonds is 1. The van der Waals surface area contributed by atoms with Gasteiger partial charge in [-0.25, -0.2) is 4.98 Å². The van der Waals surface area contributed by atoms with Gasteiger partial charge in [-0.1, -0.05) is 0 Å². The van der Waals surface area contributed by atoms with Gasteiger partial charge in [0, 0.05) is 25.4 Å². The number of aromatic nitrogens is 3.